The first-order valence-electron chi connectivity index (χ1n) is 18.0. The number of para-hydroxylation sites is 2. The van der Waals surface area contributed by atoms with Crippen molar-refractivity contribution < 1.29 is 33.8 Å². The van der Waals surface area contributed by atoms with Crippen molar-refractivity contribution in [1.82, 2.24) is 0 Å². The van der Waals surface area contributed by atoms with Gasteiger partial charge in [0.05, 0.1) is 48.2 Å². The molecule has 0 saturated carbocycles. The molecule has 5 aromatic carbocycles. The van der Waals surface area contributed by atoms with Crippen molar-refractivity contribution in [1.29, 1.82) is 0 Å². The highest BCUT2D eigenvalue weighted by Crippen LogP contribution is 2.46. The van der Waals surface area contributed by atoms with Crippen LogP contribution in [0.4, 0.5) is 28.4 Å². The van der Waals surface area contributed by atoms with E-state index in [1.54, 1.807) is 30.3 Å². The van der Waals surface area contributed by atoms with Crippen molar-refractivity contribution in [2.24, 2.45) is 4.99 Å². The number of carbonyl (C=O) groups excluding carboxylic acids is 1. The van der Waals surface area contributed by atoms with Gasteiger partial charge in [-0.25, -0.2) is 0 Å². The molecule has 0 bridgehead atoms. The Kier molecular flexibility index (Phi) is 8.50. The summed E-state index contributed by atoms with van der Waals surface area (Å²) in [6.45, 7) is 0.519. The lowest BCUT2D eigenvalue weighted by Crippen LogP contribution is -2.39. The zero-order chi connectivity index (χ0) is 37.8. The van der Waals surface area contributed by atoms with E-state index in [0.717, 1.165) is 35.3 Å². The van der Waals surface area contributed by atoms with Crippen LogP contribution >= 0.6 is 0 Å². The lowest BCUT2D eigenvalue weighted by molar-refractivity contribution is -0.385. The lowest BCUT2D eigenvalue weighted by Gasteiger charge is -2.29. The maximum atomic E-state index is 13.9. The number of ether oxygens (including phenoxy) is 4. The zero-order valence-corrected chi connectivity index (χ0v) is 30.1. The Balaban J connectivity index is 0.945. The molecule has 0 aromatic heterocycles. The van der Waals surface area contributed by atoms with Crippen molar-refractivity contribution >= 4 is 40.6 Å². The third-order valence-corrected chi connectivity index (χ3v) is 10.7. The van der Waals surface area contributed by atoms with Crippen LogP contribution in [0, 0.1) is 10.1 Å². The topological polar surface area (TPSA) is 148 Å². The minimum atomic E-state index is -0.960. The molecule has 5 aromatic rings. The molecule has 0 radical (unpaired) electrons. The van der Waals surface area contributed by atoms with E-state index in [2.05, 4.69) is 17.4 Å². The van der Waals surface area contributed by atoms with E-state index in [1.807, 2.05) is 52.4 Å². The number of anilines is 3. The number of carbonyl (C=O) groups is 1. The number of non-ortho nitro benzene ring substituents is 1. The highest BCUT2D eigenvalue weighted by atomic mass is 16.6. The van der Waals surface area contributed by atoms with E-state index in [9.17, 15) is 20.0 Å². The number of amides is 1. The number of methoxy groups -OCH3 is 2. The van der Waals surface area contributed by atoms with Crippen LogP contribution in [0.1, 0.15) is 44.4 Å². The van der Waals surface area contributed by atoms with Crippen molar-refractivity contribution in [3.05, 3.63) is 134 Å². The molecule has 55 heavy (non-hydrogen) atoms. The van der Waals surface area contributed by atoms with Gasteiger partial charge < -0.3 is 39.2 Å². The number of nitro benzene ring substituents is 1. The van der Waals surface area contributed by atoms with Gasteiger partial charge in [0.1, 0.15) is 13.2 Å². The number of rotatable bonds is 9. The number of nitro groups is 1. The second-order valence-electron chi connectivity index (χ2n) is 14.0. The smallest absolute Gasteiger partial charge is 0.270 e. The first-order chi connectivity index (χ1) is 26.8. The number of benzene rings is 5. The molecule has 0 aliphatic carbocycles. The molecule has 278 valence electrons. The van der Waals surface area contributed by atoms with Gasteiger partial charge in [-0.2, -0.15) is 0 Å². The van der Waals surface area contributed by atoms with Crippen LogP contribution in [-0.4, -0.2) is 55.0 Å². The number of aliphatic hydroxyl groups is 1. The number of hydrogen-bond acceptors (Lipinski definition) is 11. The summed E-state index contributed by atoms with van der Waals surface area (Å²) in [5.74, 6) is 1.39. The van der Waals surface area contributed by atoms with E-state index in [1.165, 1.54) is 26.4 Å². The molecule has 13 nitrogen and oxygen atoms in total. The predicted molar refractivity (Wildman–Crippen MR) is 207 cm³/mol. The Morgan fingerprint density at radius 2 is 1.49 bits per heavy atom. The summed E-state index contributed by atoms with van der Waals surface area (Å²) in [7, 11) is 3.02. The molecule has 0 saturated heterocycles. The summed E-state index contributed by atoms with van der Waals surface area (Å²) in [5, 5.41) is 27.0. The zero-order valence-electron chi connectivity index (χ0n) is 30.1. The summed E-state index contributed by atoms with van der Waals surface area (Å²) in [4.78, 5) is 33.9. The highest BCUT2D eigenvalue weighted by molar-refractivity contribution is 6.12. The van der Waals surface area contributed by atoms with Gasteiger partial charge in [-0.15, -0.1) is 0 Å². The Bertz CT molecular complexity index is 2400. The van der Waals surface area contributed by atoms with Crippen LogP contribution in [-0.2, 0) is 26.1 Å². The first kappa shape index (κ1) is 34.2. The molecule has 3 atom stereocenters. The predicted octanol–water partition coefficient (Wildman–Crippen LogP) is 6.91. The molecular weight excluding hydrogens is 702 g/mol. The SMILES string of the molecule is COc1cc2c(cc1OCc1cc(COc3cc4c(cc3OC)C(=O)N3c5ccccc5C[C@H]3CN4)cc([N+](=O)[O-])c1)N=C[C@@H]1Cc3ccccc3N1C2O. The van der Waals surface area contributed by atoms with Gasteiger partial charge >= 0.3 is 0 Å². The number of hydrogen-bond donors (Lipinski definition) is 2. The Labute approximate surface area is 316 Å². The molecule has 4 aliphatic heterocycles. The monoisotopic (exact) mass is 739 g/mol. The highest BCUT2D eigenvalue weighted by Gasteiger charge is 2.38. The second-order valence-corrected chi connectivity index (χ2v) is 14.0. The maximum Gasteiger partial charge on any atom is 0.270 e. The molecule has 2 N–H and O–H groups in total. The average Bonchev–Trinajstić information content (AvgIpc) is 3.70. The fraction of sp³-hybridized carbons (Fsp3) is 0.238. The molecule has 13 heteroatoms. The van der Waals surface area contributed by atoms with Crippen molar-refractivity contribution in [3.63, 3.8) is 0 Å². The minimum absolute atomic E-state index is 0.0184. The molecular formula is C42H37N5O8. The lowest BCUT2D eigenvalue weighted by atomic mass is 10.1. The molecule has 0 fully saturated rings. The summed E-state index contributed by atoms with van der Waals surface area (Å²) in [5.41, 5.74) is 7.32. The number of aliphatic hydroxyl groups excluding tert-OH is 1. The van der Waals surface area contributed by atoms with Crippen LogP contribution in [0.2, 0.25) is 0 Å². The molecule has 0 spiro atoms. The maximum absolute atomic E-state index is 13.9. The van der Waals surface area contributed by atoms with Crippen LogP contribution in [0.25, 0.3) is 0 Å². The Morgan fingerprint density at radius 3 is 2.20 bits per heavy atom. The van der Waals surface area contributed by atoms with Gasteiger partial charge in [-0.1, -0.05) is 36.4 Å². The van der Waals surface area contributed by atoms with E-state index in [-0.39, 0.29) is 36.9 Å². The average molecular weight is 740 g/mol. The standard InChI is InChI=1S/C42H37N5O8/c1-52-37-16-31-33(43-20-29-14-26-7-3-5-9-35(26)45(29)41(31)48)18-39(37)54-22-24-11-25(13-28(12-24)47(50)51)23-55-40-19-34-32(17-38(40)53-2)42(49)46-30(21-44-34)15-27-8-4-6-10-36(27)46/h3-13,16-20,29-30,41,44,48H,14-15,21-23H2,1-2H3/t29-,30-,41?/m0/s1. The summed E-state index contributed by atoms with van der Waals surface area (Å²) >= 11 is 0. The molecule has 9 rings (SSSR count). The molecule has 1 amide bonds. The third-order valence-electron chi connectivity index (χ3n) is 10.7. The van der Waals surface area contributed by atoms with Gasteiger partial charge in [0.25, 0.3) is 11.6 Å². The van der Waals surface area contributed by atoms with Crippen LogP contribution in [0.3, 0.4) is 0 Å². The first-order valence-corrected chi connectivity index (χ1v) is 18.0. The number of aliphatic imine (C=N–C) groups is 1. The molecule has 4 aliphatic rings. The second kappa shape index (κ2) is 13.7. The normalized spacial score (nSPS) is 18.7. The van der Waals surface area contributed by atoms with Crippen LogP contribution < -0.4 is 34.1 Å². The molecule has 1 unspecified atom stereocenters. The van der Waals surface area contributed by atoms with E-state index < -0.39 is 11.2 Å². The third kappa shape index (κ3) is 6.02. The summed E-state index contributed by atoms with van der Waals surface area (Å²) in [6, 6.07) is 27.3. The minimum Gasteiger partial charge on any atom is -0.493 e. The van der Waals surface area contributed by atoms with Crippen LogP contribution in [0.15, 0.2) is 96.0 Å². The fourth-order valence-electron chi connectivity index (χ4n) is 8.10. The molecule has 4 heterocycles. The van der Waals surface area contributed by atoms with Crippen molar-refractivity contribution in [2.75, 3.05) is 35.9 Å². The number of fused-ring (bicyclic) bond motifs is 8. The van der Waals surface area contributed by atoms with Crippen LogP contribution in [0.5, 0.6) is 23.0 Å². The number of nitrogens with one attached hydrogen (secondary N) is 1. The van der Waals surface area contributed by atoms with Crippen molar-refractivity contribution in [3.8, 4) is 23.0 Å². The quantitative estimate of drug-likeness (QED) is 0.121. The number of nitrogens with zero attached hydrogens (tertiary/aromatic N) is 4. The largest absolute Gasteiger partial charge is 0.493 e. The Hall–Kier alpha value is -6.60. The van der Waals surface area contributed by atoms with Gasteiger partial charge in [-0.05, 0) is 59.0 Å². The van der Waals surface area contributed by atoms with E-state index in [4.69, 9.17) is 23.9 Å². The summed E-state index contributed by atoms with van der Waals surface area (Å²) < 4.78 is 23.8. The van der Waals surface area contributed by atoms with Gasteiger partial charge in [0.15, 0.2) is 29.2 Å². The fourth-order valence-corrected chi connectivity index (χ4v) is 8.10. The van der Waals surface area contributed by atoms with Crippen molar-refractivity contribution in [2.45, 2.75) is 44.4 Å². The van der Waals surface area contributed by atoms with E-state index >= 15 is 0 Å². The van der Waals surface area contributed by atoms with Gasteiger partial charge in [-0.3, -0.25) is 19.9 Å². The Morgan fingerprint density at radius 1 is 0.836 bits per heavy atom. The summed E-state index contributed by atoms with van der Waals surface area (Å²) in [6.07, 6.45) is 2.37. The van der Waals surface area contributed by atoms with Gasteiger partial charge in [0.2, 0.25) is 0 Å². The van der Waals surface area contributed by atoms with E-state index in [0.29, 0.717) is 63.2 Å². The van der Waals surface area contributed by atoms with Gasteiger partial charge in [0, 0.05) is 60.4 Å².